The van der Waals surface area contributed by atoms with E-state index in [0.717, 1.165) is 0 Å². The Morgan fingerprint density at radius 2 is 1.73 bits per heavy atom. The zero-order valence-electron chi connectivity index (χ0n) is 15.1. The number of ether oxygens (including phenoxy) is 1. The fourth-order valence-electron chi connectivity index (χ4n) is 2.75. The van der Waals surface area contributed by atoms with E-state index >= 15 is 0 Å². The molecule has 7 N–H and O–H groups in total. The van der Waals surface area contributed by atoms with Crippen LogP contribution < -0.4 is 5.32 Å². The molecule has 152 valence electrons. The second kappa shape index (κ2) is 10.9. The minimum Gasteiger partial charge on any atom is -0.394 e. The number of nitrogens with one attached hydrogen (secondary N) is 1. The number of amides is 1. The van der Waals surface area contributed by atoms with E-state index in [4.69, 9.17) is 4.74 Å². The van der Waals surface area contributed by atoms with Crippen molar-refractivity contribution in [3.63, 3.8) is 0 Å². The van der Waals surface area contributed by atoms with Crippen molar-refractivity contribution in [2.45, 2.75) is 81.9 Å². The molecule has 0 radical (unpaired) electrons. The first-order valence-electron chi connectivity index (χ1n) is 8.89. The van der Waals surface area contributed by atoms with Crippen LogP contribution in [0.4, 0.5) is 0 Å². The van der Waals surface area contributed by atoms with Gasteiger partial charge in [0, 0.05) is 6.42 Å². The lowest BCUT2D eigenvalue weighted by Crippen LogP contribution is -2.58. The molecule has 26 heavy (non-hydrogen) atoms. The van der Waals surface area contributed by atoms with E-state index in [-0.39, 0.29) is 18.7 Å². The Morgan fingerprint density at radius 3 is 2.27 bits per heavy atom. The highest BCUT2D eigenvalue weighted by Gasteiger charge is 2.42. The number of aliphatic hydroxyl groups excluding tert-OH is 6. The zero-order chi connectivity index (χ0) is 19.9. The van der Waals surface area contributed by atoms with Gasteiger partial charge in [-0.05, 0) is 12.8 Å². The second-order valence-electron chi connectivity index (χ2n) is 6.44. The smallest absolute Gasteiger partial charge is 0.220 e. The van der Waals surface area contributed by atoms with E-state index in [9.17, 15) is 35.4 Å². The molecular weight excluding hydrogens is 346 g/mol. The van der Waals surface area contributed by atoms with Crippen molar-refractivity contribution < 1.29 is 40.2 Å². The van der Waals surface area contributed by atoms with E-state index in [0.29, 0.717) is 6.42 Å². The van der Waals surface area contributed by atoms with Crippen molar-refractivity contribution in [1.29, 1.82) is 0 Å². The van der Waals surface area contributed by atoms with Gasteiger partial charge in [0.05, 0.1) is 24.9 Å². The van der Waals surface area contributed by atoms with E-state index in [1.807, 2.05) is 0 Å². The fourth-order valence-corrected chi connectivity index (χ4v) is 2.75. The first kappa shape index (κ1) is 23.0. The lowest BCUT2D eigenvalue weighted by molar-refractivity contribution is -0.228. The number of hydrogen-bond acceptors (Lipinski definition) is 8. The number of aliphatic hydroxyl groups is 6. The van der Waals surface area contributed by atoms with Gasteiger partial charge in [-0.25, -0.2) is 0 Å². The monoisotopic (exact) mass is 377 g/mol. The highest BCUT2D eigenvalue weighted by Crippen LogP contribution is 2.23. The summed E-state index contributed by atoms with van der Waals surface area (Å²) in [7, 11) is 0. The van der Waals surface area contributed by atoms with Gasteiger partial charge in [0.15, 0.2) is 0 Å². The van der Waals surface area contributed by atoms with Crippen molar-refractivity contribution in [3.8, 4) is 0 Å². The summed E-state index contributed by atoms with van der Waals surface area (Å²) in [5, 5.41) is 61.3. The molecule has 8 atom stereocenters. The molecule has 1 amide bonds. The van der Waals surface area contributed by atoms with Crippen LogP contribution in [0.15, 0.2) is 12.2 Å². The molecule has 1 aliphatic heterocycles. The van der Waals surface area contributed by atoms with Gasteiger partial charge in [0.2, 0.25) is 5.91 Å². The fraction of sp³-hybridized carbons (Fsp3) is 0.824. The third kappa shape index (κ3) is 5.98. The molecule has 0 aliphatic carbocycles. The highest BCUT2D eigenvalue weighted by atomic mass is 16.5. The predicted octanol–water partition coefficient (Wildman–Crippen LogP) is -2.20. The molecule has 0 aromatic heterocycles. The summed E-state index contributed by atoms with van der Waals surface area (Å²) in [6.07, 6.45) is -4.68. The maximum absolute atomic E-state index is 11.6. The minimum atomic E-state index is -1.46. The lowest BCUT2D eigenvalue weighted by atomic mass is 9.93. The van der Waals surface area contributed by atoms with Gasteiger partial charge in [-0.2, -0.15) is 0 Å². The maximum atomic E-state index is 11.6. The predicted molar refractivity (Wildman–Crippen MR) is 92.1 cm³/mol. The maximum Gasteiger partial charge on any atom is 0.220 e. The third-order valence-electron chi connectivity index (χ3n) is 4.53. The van der Waals surface area contributed by atoms with Gasteiger partial charge >= 0.3 is 0 Å². The van der Waals surface area contributed by atoms with E-state index in [1.54, 1.807) is 19.9 Å². The molecule has 0 saturated carbocycles. The van der Waals surface area contributed by atoms with Crippen LogP contribution in [-0.2, 0) is 9.53 Å². The molecule has 0 aromatic carbocycles. The molecular formula is C17H31NO8. The number of carbonyl (C=O) groups excluding carboxylic acids is 1. The Morgan fingerprint density at radius 1 is 1.12 bits per heavy atom. The Labute approximate surface area is 152 Å². The molecule has 1 fully saturated rings. The molecule has 1 saturated heterocycles. The van der Waals surface area contributed by atoms with Crippen LogP contribution in [0.3, 0.4) is 0 Å². The van der Waals surface area contributed by atoms with Gasteiger partial charge < -0.3 is 40.7 Å². The van der Waals surface area contributed by atoms with Crippen LogP contribution in [-0.4, -0.2) is 91.9 Å². The number of hydrogen-bond donors (Lipinski definition) is 7. The molecule has 0 bridgehead atoms. The summed E-state index contributed by atoms with van der Waals surface area (Å²) in [4.78, 5) is 11.6. The average molecular weight is 377 g/mol. The Bertz CT molecular complexity index is 458. The Kier molecular flexibility index (Phi) is 9.66. The third-order valence-corrected chi connectivity index (χ3v) is 4.53. The number of carbonyl (C=O) groups is 1. The van der Waals surface area contributed by atoms with Gasteiger partial charge in [0.1, 0.15) is 30.5 Å². The van der Waals surface area contributed by atoms with Crippen molar-refractivity contribution in [2.75, 3.05) is 6.61 Å². The summed E-state index contributed by atoms with van der Waals surface area (Å²) in [6.45, 7) is 2.85. The topological polar surface area (TPSA) is 160 Å². The molecule has 0 spiro atoms. The van der Waals surface area contributed by atoms with Crippen molar-refractivity contribution in [2.24, 2.45) is 0 Å². The number of rotatable bonds is 9. The average Bonchev–Trinajstić information content (AvgIpc) is 2.65. The zero-order valence-corrected chi connectivity index (χ0v) is 15.1. The van der Waals surface area contributed by atoms with Crippen LogP contribution in [0.25, 0.3) is 0 Å². The SMILES string of the molecule is CCC(=O)N[C@@H](/C=C/C[C@@H]1OC(CO)[C@H](O)[C@H](O)C1O)[C@H](O)[C@H](O)CC. The molecule has 9 nitrogen and oxygen atoms in total. The van der Waals surface area contributed by atoms with Gasteiger partial charge in [-0.15, -0.1) is 0 Å². The summed E-state index contributed by atoms with van der Waals surface area (Å²) < 4.78 is 5.38. The first-order valence-corrected chi connectivity index (χ1v) is 8.89. The summed E-state index contributed by atoms with van der Waals surface area (Å²) in [5.74, 6) is -0.296. The van der Waals surface area contributed by atoms with Crippen LogP contribution in [0, 0.1) is 0 Å². The van der Waals surface area contributed by atoms with E-state index in [1.165, 1.54) is 6.08 Å². The largest absolute Gasteiger partial charge is 0.394 e. The molecule has 1 heterocycles. The highest BCUT2D eigenvalue weighted by molar-refractivity contribution is 5.76. The molecule has 1 rings (SSSR count). The quantitative estimate of drug-likeness (QED) is 0.223. The van der Waals surface area contributed by atoms with Crippen molar-refractivity contribution in [3.05, 3.63) is 12.2 Å². The molecule has 0 aromatic rings. The summed E-state index contributed by atoms with van der Waals surface area (Å²) in [6, 6.07) is -0.831. The van der Waals surface area contributed by atoms with Gasteiger partial charge in [-0.3, -0.25) is 4.79 Å². The van der Waals surface area contributed by atoms with Crippen LogP contribution in [0.5, 0.6) is 0 Å². The Balaban J connectivity index is 2.77. The first-order chi connectivity index (χ1) is 12.3. The Hall–Kier alpha value is -1.07. The van der Waals surface area contributed by atoms with Gasteiger partial charge in [0.25, 0.3) is 0 Å². The minimum absolute atomic E-state index is 0.106. The lowest BCUT2D eigenvalue weighted by Gasteiger charge is -2.39. The summed E-state index contributed by atoms with van der Waals surface area (Å²) >= 11 is 0. The van der Waals surface area contributed by atoms with Crippen LogP contribution >= 0.6 is 0 Å². The van der Waals surface area contributed by atoms with Crippen LogP contribution in [0.1, 0.15) is 33.1 Å². The van der Waals surface area contributed by atoms with Crippen molar-refractivity contribution in [1.82, 2.24) is 5.32 Å². The van der Waals surface area contributed by atoms with E-state index in [2.05, 4.69) is 5.32 Å². The van der Waals surface area contributed by atoms with E-state index < -0.39 is 55.4 Å². The molecule has 1 aliphatic rings. The second-order valence-corrected chi connectivity index (χ2v) is 6.44. The standard InChI is InChI=1S/C17H31NO8/c1-3-10(20)14(22)9(18-13(21)4-2)6-5-7-11-15(23)17(25)16(24)12(8-19)26-11/h5-6,9-12,14-17,19-20,22-25H,3-4,7-8H2,1-2H3,(H,18,21)/b6-5+/t9-,10+,11-,12?,14-,15?,16-,17+/m0/s1. The summed E-state index contributed by atoms with van der Waals surface area (Å²) in [5.41, 5.74) is 0. The molecule has 9 heteroatoms. The molecule has 2 unspecified atom stereocenters. The van der Waals surface area contributed by atoms with Crippen molar-refractivity contribution >= 4 is 5.91 Å². The van der Waals surface area contributed by atoms with Gasteiger partial charge in [-0.1, -0.05) is 26.0 Å². The normalized spacial score (nSPS) is 33.0. The van der Waals surface area contributed by atoms with Crippen LogP contribution in [0.2, 0.25) is 0 Å².